The summed E-state index contributed by atoms with van der Waals surface area (Å²) in [5, 5.41) is 3.26. The van der Waals surface area contributed by atoms with Gasteiger partial charge in [-0.1, -0.05) is 18.2 Å². The SMILES string of the molecule is COc1ccc([C@@H]2CN(C(C)(C)C)C[C@@]2(F)C(=O)N2CCC(c3ccc(C(F)(F)F)cc3N3CCNCC3)CC2)cc1. The molecule has 6 nitrogen and oxygen atoms in total. The van der Waals surface area contributed by atoms with E-state index in [1.807, 2.05) is 42.7 Å². The van der Waals surface area contributed by atoms with E-state index in [1.54, 1.807) is 30.2 Å². The van der Waals surface area contributed by atoms with Gasteiger partial charge in [-0.2, -0.15) is 13.2 Å². The molecule has 0 unspecified atom stereocenters. The molecule has 3 aliphatic heterocycles. The molecule has 1 amide bonds. The summed E-state index contributed by atoms with van der Waals surface area (Å²) in [6.45, 7) is 9.93. The van der Waals surface area contributed by atoms with Crippen molar-refractivity contribution < 1.29 is 27.1 Å². The van der Waals surface area contributed by atoms with Crippen molar-refractivity contribution in [1.82, 2.24) is 15.1 Å². The summed E-state index contributed by atoms with van der Waals surface area (Å²) in [6, 6.07) is 11.3. The number of carbonyl (C=O) groups excluding carboxylic acids is 1. The van der Waals surface area contributed by atoms with Crippen molar-refractivity contribution in [2.45, 2.75) is 62.8 Å². The van der Waals surface area contributed by atoms with Crippen LogP contribution in [0.2, 0.25) is 0 Å². The lowest BCUT2D eigenvalue weighted by atomic mass is 9.83. The first-order chi connectivity index (χ1) is 19.8. The number of anilines is 1. The van der Waals surface area contributed by atoms with E-state index in [2.05, 4.69) is 5.32 Å². The molecule has 230 valence electrons. The third-order valence-corrected chi connectivity index (χ3v) is 9.24. The van der Waals surface area contributed by atoms with Crippen LogP contribution in [-0.4, -0.2) is 86.4 Å². The lowest BCUT2D eigenvalue weighted by molar-refractivity contribution is -0.145. The highest BCUT2D eigenvalue weighted by molar-refractivity contribution is 5.87. The molecule has 3 fully saturated rings. The van der Waals surface area contributed by atoms with Crippen LogP contribution in [0.25, 0.3) is 0 Å². The van der Waals surface area contributed by atoms with Gasteiger partial charge in [0.25, 0.3) is 5.91 Å². The van der Waals surface area contributed by atoms with Crippen LogP contribution in [-0.2, 0) is 11.0 Å². The van der Waals surface area contributed by atoms with Crippen LogP contribution in [0.4, 0.5) is 23.2 Å². The van der Waals surface area contributed by atoms with Gasteiger partial charge in [0.05, 0.1) is 12.7 Å². The maximum atomic E-state index is 17.1. The molecule has 3 heterocycles. The minimum Gasteiger partial charge on any atom is -0.497 e. The van der Waals surface area contributed by atoms with Gasteiger partial charge in [-0.15, -0.1) is 0 Å². The van der Waals surface area contributed by atoms with Gasteiger partial charge in [-0.05, 0) is 74.9 Å². The smallest absolute Gasteiger partial charge is 0.416 e. The van der Waals surface area contributed by atoms with E-state index >= 15 is 4.39 Å². The standard InChI is InChI=1S/C32H42F4N4O2/c1-30(2,3)40-20-27(23-5-8-25(42-4)9-6-23)31(33,21-40)29(41)39-15-11-22(12-16-39)26-10-7-24(32(34,35)36)19-28(26)38-17-13-37-14-18-38/h5-10,19,22,27,37H,11-18,20-21H2,1-4H3/t27-,31-/m0/s1. The topological polar surface area (TPSA) is 48.1 Å². The lowest BCUT2D eigenvalue weighted by Gasteiger charge is -2.39. The van der Waals surface area contributed by atoms with E-state index in [0.29, 0.717) is 70.1 Å². The molecular weight excluding hydrogens is 548 g/mol. The maximum Gasteiger partial charge on any atom is 0.416 e. The van der Waals surface area contributed by atoms with Gasteiger partial charge in [-0.25, -0.2) is 4.39 Å². The highest BCUT2D eigenvalue weighted by Gasteiger charge is 2.57. The summed E-state index contributed by atoms with van der Waals surface area (Å²) in [6.07, 6.45) is -3.28. The quantitative estimate of drug-likeness (QED) is 0.471. The largest absolute Gasteiger partial charge is 0.497 e. The molecule has 0 aromatic heterocycles. The Morgan fingerprint density at radius 3 is 2.19 bits per heavy atom. The third kappa shape index (κ3) is 6.11. The number of methoxy groups -OCH3 is 1. The van der Waals surface area contributed by atoms with Crippen molar-refractivity contribution in [3.05, 3.63) is 59.2 Å². The Labute approximate surface area is 246 Å². The highest BCUT2D eigenvalue weighted by atomic mass is 19.4. The molecule has 5 rings (SSSR count). The molecule has 2 aromatic rings. The number of hydrogen-bond donors (Lipinski definition) is 1. The third-order valence-electron chi connectivity index (χ3n) is 9.24. The highest BCUT2D eigenvalue weighted by Crippen LogP contribution is 2.45. The number of piperidine rings is 1. The molecule has 0 radical (unpaired) electrons. The monoisotopic (exact) mass is 590 g/mol. The van der Waals surface area contributed by atoms with E-state index < -0.39 is 29.2 Å². The van der Waals surface area contributed by atoms with Crippen molar-refractivity contribution in [3.63, 3.8) is 0 Å². The fourth-order valence-corrected chi connectivity index (χ4v) is 6.65. The number of carbonyl (C=O) groups is 1. The summed E-state index contributed by atoms with van der Waals surface area (Å²) in [4.78, 5) is 19.7. The van der Waals surface area contributed by atoms with Crippen LogP contribution in [0.5, 0.6) is 5.75 Å². The number of amides is 1. The average Bonchev–Trinajstić information content (AvgIpc) is 3.36. The number of benzene rings is 2. The summed E-state index contributed by atoms with van der Waals surface area (Å²) >= 11 is 0. The normalized spacial score (nSPS) is 24.7. The van der Waals surface area contributed by atoms with Crippen molar-refractivity contribution >= 4 is 11.6 Å². The van der Waals surface area contributed by atoms with Crippen LogP contribution in [0.1, 0.15) is 62.1 Å². The number of nitrogens with zero attached hydrogens (tertiary/aromatic N) is 3. The average molecular weight is 591 g/mol. The van der Waals surface area contributed by atoms with Crippen molar-refractivity contribution in [2.75, 3.05) is 64.4 Å². The van der Waals surface area contributed by atoms with Gasteiger partial charge in [0.1, 0.15) is 5.75 Å². The molecule has 2 atom stereocenters. The van der Waals surface area contributed by atoms with Gasteiger partial charge in [0, 0.05) is 69.5 Å². The summed E-state index contributed by atoms with van der Waals surface area (Å²) in [7, 11) is 1.58. The zero-order chi connectivity index (χ0) is 30.3. The molecule has 0 saturated carbocycles. The van der Waals surface area contributed by atoms with Crippen LogP contribution < -0.4 is 15.0 Å². The summed E-state index contributed by atoms with van der Waals surface area (Å²) in [5.74, 6) is -0.458. The molecular formula is C32H42F4N4O2. The molecule has 0 bridgehead atoms. The number of likely N-dealkylation sites (tertiary alicyclic amines) is 2. The number of halogens is 4. The van der Waals surface area contributed by atoms with Gasteiger partial charge >= 0.3 is 6.18 Å². The number of nitrogens with one attached hydrogen (secondary N) is 1. The predicted octanol–water partition coefficient (Wildman–Crippen LogP) is 5.44. The van der Waals surface area contributed by atoms with E-state index in [0.717, 1.165) is 17.2 Å². The van der Waals surface area contributed by atoms with E-state index in [-0.39, 0.29) is 18.0 Å². The fourth-order valence-electron chi connectivity index (χ4n) is 6.65. The van der Waals surface area contributed by atoms with Crippen molar-refractivity contribution in [3.8, 4) is 5.75 Å². The van der Waals surface area contributed by atoms with Gasteiger partial charge in [0.15, 0.2) is 0 Å². The van der Waals surface area contributed by atoms with Crippen LogP contribution in [0, 0.1) is 0 Å². The molecule has 3 saturated heterocycles. The summed E-state index contributed by atoms with van der Waals surface area (Å²) < 4.78 is 63.2. The molecule has 1 N–H and O–H groups in total. The Morgan fingerprint density at radius 1 is 0.976 bits per heavy atom. The Morgan fingerprint density at radius 2 is 1.62 bits per heavy atom. The minimum atomic E-state index is -4.42. The second-order valence-corrected chi connectivity index (χ2v) is 12.8. The second kappa shape index (κ2) is 11.7. The van der Waals surface area contributed by atoms with Crippen molar-refractivity contribution in [2.24, 2.45) is 0 Å². The molecule has 0 aliphatic carbocycles. The van der Waals surface area contributed by atoms with Gasteiger partial charge in [0.2, 0.25) is 5.67 Å². The molecule has 0 spiro atoms. The number of piperazine rings is 1. The van der Waals surface area contributed by atoms with E-state index in [9.17, 15) is 18.0 Å². The first-order valence-corrected chi connectivity index (χ1v) is 14.9. The zero-order valence-electron chi connectivity index (χ0n) is 24.9. The number of alkyl halides is 4. The van der Waals surface area contributed by atoms with Crippen molar-refractivity contribution in [1.29, 1.82) is 0 Å². The first kappa shape index (κ1) is 30.6. The number of ether oxygens (including phenoxy) is 1. The Hall–Kier alpha value is -2.85. The van der Waals surface area contributed by atoms with Crippen LogP contribution in [0.3, 0.4) is 0 Å². The second-order valence-electron chi connectivity index (χ2n) is 12.8. The fraction of sp³-hybridized carbons (Fsp3) is 0.594. The van der Waals surface area contributed by atoms with Crippen LogP contribution >= 0.6 is 0 Å². The zero-order valence-corrected chi connectivity index (χ0v) is 24.9. The first-order valence-electron chi connectivity index (χ1n) is 14.9. The number of rotatable bonds is 5. The maximum absolute atomic E-state index is 17.1. The van der Waals surface area contributed by atoms with E-state index in [4.69, 9.17) is 4.74 Å². The Balaban J connectivity index is 1.36. The lowest BCUT2D eigenvalue weighted by Crippen LogP contribution is -2.53. The molecule has 10 heteroatoms. The van der Waals surface area contributed by atoms with Gasteiger partial charge in [-0.3, -0.25) is 9.69 Å². The Bertz CT molecular complexity index is 1250. The molecule has 42 heavy (non-hydrogen) atoms. The molecule has 3 aliphatic rings. The van der Waals surface area contributed by atoms with Crippen LogP contribution in [0.15, 0.2) is 42.5 Å². The molecule has 2 aromatic carbocycles. The predicted molar refractivity (Wildman–Crippen MR) is 156 cm³/mol. The minimum absolute atomic E-state index is 0.0104. The van der Waals surface area contributed by atoms with E-state index in [1.165, 1.54) is 6.07 Å². The summed E-state index contributed by atoms with van der Waals surface area (Å²) in [5.41, 5.74) is -0.791. The Kier molecular flexibility index (Phi) is 8.51. The van der Waals surface area contributed by atoms with Gasteiger partial charge < -0.3 is 19.9 Å². The number of hydrogen-bond acceptors (Lipinski definition) is 5.